The van der Waals surface area contributed by atoms with Crippen molar-refractivity contribution in [1.82, 2.24) is 0 Å². The van der Waals surface area contributed by atoms with Crippen LogP contribution in [-0.2, 0) is 14.3 Å². The third kappa shape index (κ3) is 28.4. The first kappa shape index (κ1) is 38.8. The highest BCUT2D eigenvalue weighted by Crippen LogP contribution is 2.21. The molecule has 4 heteroatoms. The lowest BCUT2D eigenvalue weighted by molar-refractivity contribution is -0.161. The van der Waals surface area contributed by atoms with Gasteiger partial charge in [-0.25, -0.2) is 0 Å². The molecule has 0 saturated carbocycles. The number of unbranched alkanes of at least 4 members (excludes halogenated alkanes) is 20. The third-order valence-corrected chi connectivity index (χ3v) is 8.12. The number of carbonyl (C=O) groups excluding carboxylic acids is 2. The number of esters is 2. The van der Waals surface area contributed by atoms with Gasteiger partial charge in [-0.05, 0) is 38.5 Å². The maximum absolute atomic E-state index is 12.4. The number of aliphatic hydroxyl groups excluding tert-OH is 1. The second-order valence-corrected chi connectivity index (χ2v) is 12.2. The fourth-order valence-corrected chi connectivity index (χ4v) is 5.49. The maximum Gasteiger partial charge on any atom is 0.316 e. The SMILES string of the molecule is CCCCCCCCCCCCCCCCC(CCCCCC/C=C\C[C@H](O)CCCCCC)C(=O)OC(C)=O. The van der Waals surface area contributed by atoms with Gasteiger partial charge in [0.05, 0.1) is 12.0 Å². The average Bonchev–Trinajstić information content (AvgIpc) is 2.93. The molecule has 0 bridgehead atoms. The van der Waals surface area contributed by atoms with Crippen molar-refractivity contribution in [2.24, 2.45) is 5.92 Å². The van der Waals surface area contributed by atoms with Crippen LogP contribution in [0.2, 0.25) is 0 Å². The topological polar surface area (TPSA) is 63.6 Å². The number of rotatable bonds is 30. The number of hydrogen-bond donors (Lipinski definition) is 1. The van der Waals surface area contributed by atoms with E-state index in [0.717, 1.165) is 70.6 Å². The summed E-state index contributed by atoms with van der Waals surface area (Å²) >= 11 is 0. The van der Waals surface area contributed by atoms with Crippen molar-refractivity contribution in [2.75, 3.05) is 0 Å². The van der Waals surface area contributed by atoms with Gasteiger partial charge in [-0.2, -0.15) is 0 Å². The molecule has 0 saturated heterocycles. The van der Waals surface area contributed by atoms with Gasteiger partial charge in [0, 0.05) is 6.92 Å². The van der Waals surface area contributed by atoms with Gasteiger partial charge in [-0.1, -0.05) is 161 Å². The van der Waals surface area contributed by atoms with E-state index >= 15 is 0 Å². The van der Waals surface area contributed by atoms with E-state index in [9.17, 15) is 14.7 Å². The van der Waals surface area contributed by atoms with E-state index in [-0.39, 0.29) is 18.0 Å². The molecular formula is C36H68O4. The van der Waals surface area contributed by atoms with E-state index < -0.39 is 5.97 Å². The quantitative estimate of drug-likeness (QED) is 0.0408. The zero-order valence-corrected chi connectivity index (χ0v) is 27.1. The standard InChI is InChI=1S/C36H68O4/c1-4-6-8-10-11-12-13-14-15-16-17-19-22-25-29-34(36(39)40-33(3)37)30-26-23-20-18-21-24-28-32-35(38)31-27-9-7-5-2/h24,28,34-35,38H,4-23,25-27,29-32H2,1-3H3/b28-24-/t34?,35-/m1/s1. The molecule has 0 aromatic rings. The van der Waals surface area contributed by atoms with E-state index in [1.54, 1.807) is 0 Å². The normalized spacial score (nSPS) is 13.1. The van der Waals surface area contributed by atoms with Crippen molar-refractivity contribution in [2.45, 2.75) is 200 Å². The molecule has 1 N–H and O–H groups in total. The minimum absolute atomic E-state index is 0.139. The summed E-state index contributed by atoms with van der Waals surface area (Å²) in [5.41, 5.74) is 0. The van der Waals surface area contributed by atoms with Crippen LogP contribution in [0.3, 0.4) is 0 Å². The van der Waals surface area contributed by atoms with Crippen LogP contribution in [0.5, 0.6) is 0 Å². The van der Waals surface area contributed by atoms with Gasteiger partial charge < -0.3 is 9.84 Å². The van der Waals surface area contributed by atoms with Crippen molar-refractivity contribution in [3.63, 3.8) is 0 Å². The largest absolute Gasteiger partial charge is 0.393 e. The number of carbonyl (C=O) groups is 2. The number of allylic oxidation sites excluding steroid dienone is 1. The first-order valence-electron chi connectivity index (χ1n) is 17.6. The van der Waals surface area contributed by atoms with Crippen LogP contribution in [0.1, 0.15) is 194 Å². The van der Waals surface area contributed by atoms with Crippen LogP contribution in [-0.4, -0.2) is 23.1 Å². The van der Waals surface area contributed by atoms with E-state index in [4.69, 9.17) is 4.74 Å². The molecule has 4 nitrogen and oxygen atoms in total. The lowest BCUT2D eigenvalue weighted by Gasteiger charge is -2.14. The van der Waals surface area contributed by atoms with Crippen LogP contribution in [0.4, 0.5) is 0 Å². The van der Waals surface area contributed by atoms with Crippen LogP contribution in [0.25, 0.3) is 0 Å². The van der Waals surface area contributed by atoms with E-state index in [1.165, 1.54) is 110 Å². The molecule has 0 heterocycles. The first-order valence-corrected chi connectivity index (χ1v) is 17.6. The van der Waals surface area contributed by atoms with Gasteiger partial charge in [0.15, 0.2) is 0 Å². The van der Waals surface area contributed by atoms with Crippen LogP contribution < -0.4 is 0 Å². The fourth-order valence-electron chi connectivity index (χ4n) is 5.49. The van der Waals surface area contributed by atoms with E-state index in [1.807, 2.05) is 0 Å². The summed E-state index contributed by atoms with van der Waals surface area (Å²) < 4.78 is 4.95. The lowest BCUT2D eigenvalue weighted by Crippen LogP contribution is -2.20. The molecule has 1 unspecified atom stereocenters. The molecule has 0 radical (unpaired) electrons. The molecule has 2 atom stereocenters. The number of ether oxygens (including phenoxy) is 1. The summed E-state index contributed by atoms with van der Waals surface area (Å²) in [6.45, 7) is 5.80. The van der Waals surface area contributed by atoms with Crippen molar-refractivity contribution in [3.05, 3.63) is 12.2 Å². The molecule has 0 rings (SSSR count). The molecule has 0 aliphatic heterocycles. The second kappa shape index (κ2) is 30.8. The van der Waals surface area contributed by atoms with Crippen molar-refractivity contribution < 1.29 is 19.4 Å². The number of aliphatic hydroxyl groups is 1. The van der Waals surface area contributed by atoms with Crippen molar-refractivity contribution >= 4 is 11.9 Å². The molecule has 40 heavy (non-hydrogen) atoms. The molecule has 236 valence electrons. The predicted molar refractivity (Wildman–Crippen MR) is 171 cm³/mol. The minimum Gasteiger partial charge on any atom is -0.393 e. The van der Waals surface area contributed by atoms with Gasteiger partial charge >= 0.3 is 11.9 Å². The Bertz CT molecular complexity index is 585. The Morgan fingerprint density at radius 1 is 0.575 bits per heavy atom. The highest BCUT2D eigenvalue weighted by atomic mass is 16.6. The third-order valence-electron chi connectivity index (χ3n) is 8.12. The molecule has 0 aliphatic carbocycles. The van der Waals surface area contributed by atoms with Gasteiger partial charge in [0.1, 0.15) is 0 Å². The molecule has 0 spiro atoms. The summed E-state index contributed by atoms with van der Waals surface area (Å²) in [6.07, 6.45) is 36.4. The Kier molecular flexibility index (Phi) is 29.9. The molecule has 0 aliphatic rings. The molecule has 0 aromatic carbocycles. The lowest BCUT2D eigenvalue weighted by atomic mass is 9.94. The molecular weight excluding hydrogens is 496 g/mol. The summed E-state index contributed by atoms with van der Waals surface area (Å²) in [6, 6.07) is 0. The zero-order chi connectivity index (χ0) is 29.5. The average molecular weight is 565 g/mol. The Morgan fingerprint density at radius 3 is 1.45 bits per heavy atom. The summed E-state index contributed by atoms with van der Waals surface area (Å²) in [7, 11) is 0. The van der Waals surface area contributed by atoms with Crippen LogP contribution in [0, 0.1) is 5.92 Å². The van der Waals surface area contributed by atoms with Crippen LogP contribution >= 0.6 is 0 Å². The van der Waals surface area contributed by atoms with Crippen molar-refractivity contribution in [3.8, 4) is 0 Å². The smallest absolute Gasteiger partial charge is 0.316 e. The zero-order valence-electron chi connectivity index (χ0n) is 27.1. The van der Waals surface area contributed by atoms with Gasteiger partial charge in [-0.3, -0.25) is 9.59 Å². The second-order valence-electron chi connectivity index (χ2n) is 12.2. The predicted octanol–water partition coefficient (Wildman–Crippen LogP) is 11.2. The Balaban J connectivity index is 3.85. The molecule has 0 amide bonds. The Morgan fingerprint density at radius 2 is 0.975 bits per heavy atom. The maximum atomic E-state index is 12.4. The molecule has 0 aromatic heterocycles. The highest BCUT2D eigenvalue weighted by Gasteiger charge is 2.20. The molecule has 0 fully saturated rings. The van der Waals surface area contributed by atoms with E-state index in [2.05, 4.69) is 26.0 Å². The van der Waals surface area contributed by atoms with Crippen LogP contribution in [0.15, 0.2) is 12.2 Å². The van der Waals surface area contributed by atoms with Gasteiger partial charge in [0.2, 0.25) is 0 Å². The first-order chi connectivity index (χ1) is 19.5. The Hall–Kier alpha value is -1.16. The summed E-state index contributed by atoms with van der Waals surface area (Å²) in [5.74, 6) is -0.952. The summed E-state index contributed by atoms with van der Waals surface area (Å²) in [4.78, 5) is 23.8. The summed E-state index contributed by atoms with van der Waals surface area (Å²) in [5, 5.41) is 10.0. The van der Waals surface area contributed by atoms with Crippen molar-refractivity contribution in [1.29, 1.82) is 0 Å². The minimum atomic E-state index is -0.492. The van der Waals surface area contributed by atoms with Gasteiger partial charge in [0.25, 0.3) is 0 Å². The van der Waals surface area contributed by atoms with E-state index in [0.29, 0.717) is 0 Å². The highest BCUT2D eigenvalue weighted by molar-refractivity contribution is 5.85. The Labute approximate surface area is 249 Å². The monoisotopic (exact) mass is 565 g/mol. The number of hydrogen-bond acceptors (Lipinski definition) is 4. The van der Waals surface area contributed by atoms with Gasteiger partial charge in [-0.15, -0.1) is 0 Å². The fraction of sp³-hybridized carbons (Fsp3) is 0.889.